The van der Waals surface area contributed by atoms with Crippen molar-refractivity contribution in [3.05, 3.63) is 29.3 Å². The first-order chi connectivity index (χ1) is 8.80. The van der Waals surface area contributed by atoms with Gasteiger partial charge in [0.15, 0.2) is 0 Å². The van der Waals surface area contributed by atoms with Gasteiger partial charge in [-0.1, -0.05) is 19.9 Å². The molecule has 19 heavy (non-hydrogen) atoms. The highest BCUT2D eigenvalue weighted by molar-refractivity contribution is 7.89. The molecule has 5 heteroatoms. The van der Waals surface area contributed by atoms with Gasteiger partial charge in [-0.15, -0.1) is 0 Å². The molecule has 0 aliphatic rings. The van der Waals surface area contributed by atoms with Crippen molar-refractivity contribution in [2.45, 2.75) is 51.0 Å². The van der Waals surface area contributed by atoms with Crippen molar-refractivity contribution < 1.29 is 8.42 Å². The van der Waals surface area contributed by atoms with Crippen molar-refractivity contribution in [2.24, 2.45) is 5.73 Å². The van der Waals surface area contributed by atoms with Crippen LogP contribution in [0.2, 0.25) is 0 Å². The average molecular weight is 284 g/mol. The highest BCUT2D eigenvalue weighted by Crippen LogP contribution is 2.20. The first kappa shape index (κ1) is 16.1. The van der Waals surface area contributed by atoms with E-state index in [1.807, 2.05) is 33.8 Å². The number of rotatable bonds is 6. The van der Waals surface area contributed by atoms with Crippen LogP contribution < -0.4 is 10.5 Å². The largest absolute Gasteiger partial charge is 0.329 e. The summed E-state index contributed by atoms with van der Waals surface area (Å²) in [6.07, 6.45) is 1.34. The fourth-order valence-electron chi connectivity index (χ4n) is 1.95. The maximum Gasteiger partial charge on any atom is 0.241 e. The smallest absolute Gasteiger partial charge is 0.241 e. The molecule has 0 amide bonds. The number of aryl methyl sites for hydroxylation is 2. The first-order valence-corrected chi connectivity index (χ1v) is 8.10. The lowest BCUT2D eigenvalue weighted by Gasteiger charge is -2.31. The van der Waals surface area contributed by atoms with Crippen LogP contribution in [0.25, 0.3) is 0 Å². The van der Waals surface area contributed by atoms with Crippen LogP contribution in [-0.2, 0) is 10.0 Å². The molecule has 0 fully saturated rings. The molecule has 0 bridgehead atoms. The standard InChI is InChI=1S/C14H24N2O2S/c1-5-14(6-2,10-15)16-19(17,18)13-8-7-11(3)12(4)9-13/h7-9,16H,5-6,10,15H2,1-4H3. The molecule has 108 valence electrons. The van der Waals surface area contributed by atoms with Crippen LogP contribution in [0.1, 0.15) is 37.8 Å². The van der Waals surface area contributed by atoms with Crippen LogP contribution in [0, 0.1) is 13.8 Å². The number of sulfonamides is 1. The van der Waals surface area contributed by atoms with E-state index in [4.69, 9.17) is 5.73 Å². The van der Waals surface area contributed by atoms with E-state index in [1.165, 1.54) is 0 Å². The minimum absolute atomic E-state index is 0.296. The molecule has 1 aromatic rings. The number of nitrogens with two attached hydrogens (primary N) is 1. The highest BCUT2D eigenvalue weighted by Gasteiger charge is 2.30. The van der Waals surface area contributed by atoms with Crippen molar-refractivity contribution in [2.75, 3.05) is 6.54 Å². The van der Waals surface area contributed by atoms with E-state index in [1.54, 1.807) is 12.1 Å². The van der Waals surface area contributed by atoms with E-state index in [0.29, 0.717) is 24.3 Å². The molecule has 1 aromatic carbocycles. The molecule has 0 saturated heterocycles. The van der Waals surface area contributed by atoms with Gasteiger partial charge < -0.3 is 5.73 Å². The summed E-state index contributed by atoms with van der Waals surface area (Å²) in [6.45, 7) is 8.05. The van der Waals surface area contributed by atoms with E-state index in [2.05, 4.69) is 4.72 Å². The SMILES string of the molecule is CCC(CC)(CN)NS(=O)(=O)c1ccc(C)c(C)c1. The van der Waals surface area contributed by atoms with Gasteiger partial charge in [0.1, 0.15) is 0 Å². The average Bonchev–Trinajstić information content (AvgIpc) is 2.39. The second kappa shape index (κ2) is 6.03. The fraction of sp³-hybridized carbons (Fsp3) is 0.571. The van der Waals surface area contributed by atoms with Crippen LogP contribution in [0.15, 0.2) is 23.1 Å². The molecule has 4 nitrogen and oxygen atoms in total. The third kappa shape index (κ3) is 3.55. The van der Waals surface area contributed by atoms with Gasteiger partial charge in [-0.05, 0) is 49.9 Å². The van der Waals surface area contributed by atoms with Gasteiger partial charge in [0, 0.05) is 12.1 Å². The van der Waals surface area contributed by atoms with Crippen LogP contribution >= 0.6 is 0 Å². The molecule has 0 atom stereocenters. The molecule has 0 heterocycles. The second-order valence-electron chi connectivity index (χ2n) is 5.04. The number of hydrogen-bond acceptors (Lipinski definition) is 3. The van der Waals surface area contributed by atoms with Gasteiger partial charge in [-0.3, -0.25) is 0 Å². The first-order valence-electron chi connectivity index (χ1n) is 6.61. The molecule has 0 aromatic heterocycles. The minimum Gasteiger partial charge on any atom is -0.329 e. The van der Waals surface area contributed by atoms with E-state index in [0.717, 1.165) is 11.1 Å². The summed E-state index contributed by atoms with van der Waals surface area (Å²) >= 11 is 0. The van der Waals surface area contributed by atoms with Crippen molar-refractivity contribution in [1.82, 2.24) is 4.72 Å². The Balaban J connectivity index is 3.14. The Kier molecular flexibility index (Phi) is 5.12. The summed E-state index contributed by atoms with van der Waals surface area (Å²) < 4.78 is 27.6. The number of nitrogens with one attached hydrogen (secondary N) is 1. The Hall–Kier alpha value is -0.910. The van der Waals surface area contributed by atoms with Gasteiger partial charge in [-0.25, -0.2) is 13.1 Å². The topological polar surface area (TPSA) is 72.2 Å². The monoisotopic (exact) mass is 284 g/mol. The Bertz CT molecular complexity index is 526. The van der Waals surface area contributed by atoms with E-state index in [-0.39, 0.29) is 0 Å². The van der Waals surface area contributed by atoms with Gasteiger partial charge in [0.05, 0.1) is 4.90 Å². The van der Waals surface area contributed by atoms with Gasteiger partial charge in [0.2, 0.25) is 10.0 Å². The van der Waals surface area contributed by atoms with Crippen LogP contribution in [-0.4, -0.2) is 20.5 Å². The van der Waals surface area contributed by atoms with Gasteiger partial charge in [0.25, 0.3) is 0 Å². The van der Waals surface area contributed by atoms with E-state index >= 15 is 0 Å². The molecule has 0 unspecified atom stereocenters. The molecule has 3 N–H and O–H groups in total. The summed E-state index contributed by atoms with van der Waals surface area (Å²) in [6, 6.07) is 5.16. The predicted molar refractivity (Wildman–Crippen MR) is 78.6 cm³/mol. The number of hydrogen-bond donors (Lipinski definition) is 2. The normalized spacial score (nSPS) is 12.7. The van der Waals surface area contributed by atoms with E-state index < -0.39 is 15.6 Å². The maximum atomic E-state index is 12.4. The third-order valence-electron chi connectivity index (χ3n) is 3.88. The summed E-state index contributed by atoms with van der Waals surface area (Å²) in [7, 11) is -3.52. The molecular formula is C14H24N2O2S. The molecule has 1 rings (SSSR count). The molecule has 0 spiro atoms. The second-order valence-corrected chi connectivity index (χ2v) is 6.73. The Labute approximate surface area is 116 Å². The lowest BCUT2D eigenvalue weighted by Crippen LogP contribution is -2.52. The minimum atomic E-state index is -3.52. The fourth-order valence-corrected chi connectivity index (χ4v) is 3.59. The summed E-state index contributed by atoms with van der Waals surface area (Å²) in [4.78, 5) is 0.301. The van der Waals surface area contributed by atoms with Crippen molar-refractivity contribution >= 4 is 10.0 Å². The van der Waals surface area contributed by atoms with E-state index in [9.17, 15) is 8.42 Å². The van der Waals surface area contributed by atoms with Crippen LogP contribution in [0.3, 0.4) is 0 Å². The zero-order valence-electron chi connectivity index (χ0n) is 12.2. The van der Waals surface area contributed by atoms with Gasteiger partial charge in [-0.2, -0.15) is 0 Å². The Morgan fingerprint density at radius 2 is 1.74 bits per heavy atom. The lowest BCUT2D eigenvalue weighted by molar-refractivity contribution is 0.363. The molecule has 0 radical (unpaired) electrons. The maximum absolute atomic E-state index is 12.4. The highest BCUT2D eigenvalue weighted by atomic mass is 32.2. The van der Waals surface area contributed by atoms with Crippen molar-refractivity contribution in [3.63, 3.8) is 0 Å². The van der Waals surface area contributed by atoms with Crippen LogP contribution in [0.5, 0.6) is 0 Å². The lowest BCUT2D eigenvalue weighted by atomic mass is 9.95. The molecule has 0 aliphatic heterocycles. The van der Waals surface area contributed by atoms with Crippen molar-refractivity contribution in [3.8, 4) is 0 Å². The van der Waals surface area contributed by atoms with Crippen molar-refractivity contribution in [1.29, 1.82) is 0 Å². The summed E-state index contributed by atoms with van der Waals surface area (Å²) in [5, 5.41) is 0. The van der Waals surface area contributed by atoms with Crippen LogP contribution in [0.4, 0.5) is 0 Å². The zero-order chi connectivity index (χ0) is 14.7. The molecule has 0 saturated carbocycles. The van der Waals surface area contributed by atoms with Gasteiger partial charge >= 0.3 is 0 Å². The third-order valence-corrected chi connectivity index (χ3v) is 5.46. The summed E-state index contributed by atoms with van der Waals surface area (Å²) in [5.41, 5.74) is 7.23. The zero-order valence-corrected chi connectivity index (χ0v) is 13.0. The Morgan fingerprint density at radius 3 is 2.16 bits per heavy atom. The Morgan fingerprint density at radius 1 is 1.16 bits per heavy atom. The quantitative estimate of drug-likeness (QED) is 0.840. The molecule has 0 aliphatic carbocycles. The summed E-state index contributed by atoms with van der Waals surface area (Å²) in [5.74, 6) is 0. The molecular weight excluding hydrogens is 260 g/mol. The number of benzene rings is 1. The predicted octanol–water partition coefficient (Wildman–Crippen LogP) is 2.10.